The summed E-state index contributed by atoms with van der Waals surface area (Å²) in [5, 5.41) is 8.94. The molecule has 1 N–H and O–H groups in total. The Morgan fingerprint density at radius 3 is 2.54 bits per heavy atom. The minimum atomic E-state index is -0.839. The second kappa shape index (κ2) is 3.40. The molecule has 1 rings (SSSR count). The highest BCUT2D eigenvalue weighted by atomic mass is 79.9. The van der Waals surface area contributed by atoms with Crippen molar-refractivity contribution in [1.82, 2.24) is 0 Å². The van der Waals surface area contributed by atoms with Gasteiger partial charge in [0, 0.05) is 0 Å². The van der Waals surface area contributed by atoms with E-state index >= 15 is 0 Å². The van der Waals surface area contributed by atoms with E-state index in [1.807, 2.05) is 13.8 Å². The summed E-state index contributed by atoms with van der Waals surface area (Å²) >= 11 is 2.97. The Morgan fingerprint density at radius 2 is 2.23 bits per heavy atom. The normalized spacial score (nSPS) is 31.5. The lowest BCUT2D eigenvalue weighted by atomic mass is 10.1. The van der Waals surface area contributed by atoms with Crippen LogP contribution in [0.2, 0.25) is 0 Å². The maximum Gasteiger partial charge on any atom is 0.307 e. The van der Waals surface area contributed by atoms with Crippen molar-refractivity contribution in [2.75, 3.05) is 5.33 Å². The quantitative estimate of drug-likeness (QED) is 0.783. The molecule has 0 aromatic heterocycles. The Morgan fingerprint density at radius 1 is 1.69 bits per heavy atom. The van der Waals surface area contributed by atoms with E-state index in [1.165, 1.54) is 6.08 Å². The second-order valence-electron chi connectivity index (χ2n) is 3.91. The van der Waals surface area contributed by atoms with E-state index < -0.39 is 11.9 Å². The first-order chi connectivity index (χ1) is 5.91. The summed E-state index contributed by atoms with van der Waals surface area (Å²) in [5.74, 6) is -1.73. The number of carboxylic acid groups (broad SMARTS) is 1. The molecule has 0 amide bonds. The van der Waals surface area contributed by atoms with Crippen LogP contribution in [0.25, 0.3) is 0 Å². The fraction of sp³-hybridized carbons (Fsp3) is 0.667. The van der Waals surface area contributed by atoms with Crippen LogP contribution in [-0.2, 0) is 4.79 Å². The van der Waals surface area contributed by atoms with Crippen LogP contribution in [0.4, 0.5) is 4.39 Å². The Balaban J connectivity index is 2.71. The summed E-state index contributed by atoms with van der Waals surface area (Å²) in [6, 6.07) is 0. The number of allylic oxidation sites excluding steroid dienone is 2. The molecule has 13 heavy (non-hydrogen) atoms. The minimum Gasteiger partial charge on any atom is -0.481 e. The zero-order valence-electron chi connectivity index (χ0n) is 7.55. The van der Waals surface area contributed by atoms with Crippen LogP contribution < -0.4 is 0 Å². The van der Waals surface area contributed by atoms with Crippen molar-refractivity contribution in [1.29, 1.82) is 0 Å². The summed E-state index contributed by atoms with van der Waals surface area (Å²) in [6.07, 6.45) is 1.41. The molecule has 0 aromatic carbocycles. The van der Waals surface area contributed by atoms with Gasteiger partial charge in [0.05, 0.1) is 11.2 Å². The van der Waals surface area contributed by atoms with Gasteiger partial charge in [-0.1, -0.05) is 29.8 Å². The van der Waals surface area contributed by atoms with E-state index in [-0.39, 0.29) is 22.5 Å². The molecule has 1 saturated carbocycles. The smallest absolute Gasteiger partial charge is 0.307 e. The van der Waals surface area contributed by atoms with Crippen LogP contribution in [0.3, 0.4) is 0 Å². The summed E-state index contributed by atoms with van der Waals surface area (Å²) in [6.45, 7) is 3.68. The number of hydrogen-bond acceptors (Lipinski definition) is 1. The van der Waals surface area contributed by atoms with Crippen LogP contribution in [0.1, 0.15) is 13.8 Å². The van der Waals surface area contributed by atoms with Gasteiger partial charge in [-0.3, -0.25) is 4.79 Å². The van der Waals surface area contributed by atoms with Crippen LogP contribution in [-0.4, -0.2) is 16.4 Å². The highest BCUT2D eigenvalue weighted by Gasteiger charge is 2.61. The molecule has 0 radical (unpaired) electrons. The Labute approximate surface area is 85.0 Å². The molecule has 0 heterocycles. The largest absolute Gasteiger partial charge is 0.481 e. The van der Waals surface area contributed by atoms with Crippen LogP contribution in [0, 0.1) is 17.3 Å². The van der Waals surface area contributed by atoms with Gasteiger partial charge in [0.1, 0.15) is 5.83 Å². The van der Waals surface area contributed by atoms with Gasteiger partial charge in [-0.05, 0) is 17.4 Å². The van der Waals surface area contributed by atoms with E-state index in [4.69, 9.17) is 5.11 Å². The van der Waals surface area contributed by atoms with E-state index in [2.05, 4.69) is 15.9 Å². The molecule has 1 fully saturated rings. The van der Waals surface area contributed by atoms with Crippen molar-refractivity contribution in [2.24, 2.45) is 17.3 Å². The first-order valence-corrected chi connectivity index (χ1v) is 5.18. The third kappa shape index (κ3) is 1.93. The van der Waals surface area contributed by atoms with Crippen LogP contribution in [0.5, 0.6) is 0 Å². The SMILES string of the molecule is CC1(C)C(C=C(F)CBr)C1C(=O)O. The predicted octanol–water partition coefficient (Wildman–Crippen LogP) is 2.59. The molecule has 74 valence electrons. The Hall–Kier alpha value is -0.380. The summed E-state index contributed by atoms with van der Waals surface area (Å²) in [5.41, 5.74) is -0.300. The van der Waals surface area contributed by atoms with Gasteiger partial charge in [-0.15, -0.1) is 0 Å². The fourth-order valence-corrected chi connectivity index (χ4v) is 1.89. The Kier molecular flexibility index (Phi) is 2.80. The molecule has 4 heteroatoms. The average molecular weight is 251 g/mol. The van der Waals surface area contributed by atoms with Gasteiger partial charge in [-0.25, -0.2) is 4.39 Å². The summed E-state index contributed by atoms with van der Waals surface area (Å²) in [7, 11) is 0. The number of alkyl halides is 1. The van der Waals surface area contributed by atoms with Gasteiger partial charge in [0.15, 0.2) is 0 Å². The van der Waals surface area contributed by atoms with Crippen molar-refractivity contribution in [3.8, 4) is 0 Å². The molecule has 1 aliphatic rings. The van der Waals surface area contributed by atoms with Gasteiger partial charge < -0.3 is 5.11 Å². The van der Waals surface area contributed by atoms with Crippen molar-refractivity contribution in [3.63, 3.8) is 0 Å². The Bertz CT molecular complexity index is 260. The van der Waals surface area contributed by atoms with Crippen molar-refractivity contribution >= 4 is 21.9 Å². The highest BCUT2D eigenvalue weighted by molar-refractivity contribution is 9.09. The number of carbonyl (C=O) groups is 1. The lowest BCUT2D eigenvalue weighted by Gasteiger charge is -1.96. The van der Waals surface area contributed by atoms with Crippen LogP contribution >= 0.6 is 15.9 Å². The minimum absolute atomic E-state index is 0.159. The molecular weight excluding hydrogens is 239 g/mol. The number of hydrogen-bond donors (Lipinski definition) is 1. The lowest BCUT2D eigenvalue weighted by Crippen LogP contribution is -2.03. The predicted molar refractivity (Wildman–Crippen MR) is 51.4 cm³/mol. The van der Waals surface area contributed by atoms with Gasteiger partial charge in [-0.2, -0.15) is 0 Å². The molecule has 0 spiro atoms. The standard InChI is InChI=1S/C9H12BrFO2/c1-9(2)6(3-5(11)4-10)7(9)8(12)13/h3,6-7H,4H2,1-2H3,(H,12,13). The van der Waals surface area contributed by atoms with Crippen LogP contribution in [0.15, 0.2) is 11.9 Å². The van der Waals surface area contributed by atoms with Crippen molar-refractivity contribution < 1.29 is 14.3 Å². The second-order valence-corrected chi connectivity index (χ2v) is 4.47. The number of rotatable bonds is 3. The topological polar surface area (TPSA) is 37.3 Å². The maximum absolute atomic E-state index is 12.8. The fourth-order valence-electron chi connectivity index (χ4n) is 1.70. The van der Waals surface area contributed by atoms with Gasteiger partial charge >= 0.3 is 5.97 Å². The molecular formula is C9H12BrFO2. The van der Waals surface area contributed by atoms with E-state index in [1.54, 1.807) is 0 Å². The number of halogens is 2. The molecule has 1 aliphatic carbocycles. The van der Waals surface area contributed by atoms with Gasteiger partial charge in [0.25, 0.3) is 0 Å². The first-order valence-electron chi connectivity index (χ1n) is 4.06. The van der Waals surface area contributed by atoms with E-state index in [0.717, 1.165) is 0 Å². The first kappa shape index (κ1) is 10.7. The molecule has 0 aliphatic heterocycles. The van der Waals surface area contributed by atoms with Crippen molar-refractivity contribution in [2.45, 2.75) is 13.8 Å². The number of carboxylic acids is 1. The number of aliphatic carboxylic acids is 1. The molecule has 0 bridgehead atoms. The molecule has 2 atom stereocenters. The third-order valence-corrected chi connectivity index (χ3v) is 3.20. The molecule has 2 unspecified atom stereocenters. The van der Waals surface area contributed by atoms with Crippen molar-refractivity contribution in [3.05, 3.63) is 11.9 Å². The molecule has 2 nitrogen and oxygen atoms in total. The summed E-state index contributed by atoms with van der Waals surface area (Å²) in [4.78, 5) is 10.7. The average Bonchev–Trinajstić information content (AvgIpc) is 2.53. The maximum atomic E-state index is 12.8. The van der Waals surface area contributed by atoms with Gasteiger partial charge in [0.2, 0.25) is 0 Å². The third-order valence-electron chi connectivity index (χ3n) is 2.66. The lowest BCUT2D eigenvalue weighted by molar-refractivity contribution is -0.139. The monoisotopic (exact) mass is 250 g/mol. The molecule has 0 aromatic rings. The van der Waals surface area contributed by atoms with E-state index in [0.29, 0.717) is 0 Å². The zero-order chi connectivity index (χ0) is 10.2. The van der Waals surface area contributed by atoms with E-state index in [9.17, 15) is 9.18 Å². The summed E-state index contributed by atoms with van der Waals surface area (Å²) < 4.78 is 12.8. The highest BCUT2D eigenvalue weighted by Crippen LogP contribution is 2.59. The molecule has 0 saturated heterocycles. The zero-order valence-corrected chi connectivity index (χ0v) is 9.14.